The summed E-state index contributed by atoms with van der Waals surface area (Å²) in [5.41, 5.74) is 5.11. The van der Waals surface area contributed by atoms with Crippen LogP contribution < -0.4 is 0 Å². The normalized spacial score (nSPS) is 24.1. The maximum absolute atomic E-state index is 5.12. The molecule has 0 spiro atoms. The fourth-order valence-electron chi connectivity index (χ4n) is 5.79. The zero-order chi connectivity index (χ0) is 21.4. The van der Waals surface area contributed by atoms with Crippen molar-refractivity contribution in [3.63, 3.8) is 0 Å². The number of nitrogens with zero attached hydrogens (tertiary/aromatic N) is 5. The second-order valence-electron chi connectivity index (χ2n) is 9.68. The van der Waals surface area contributed by atoms with Gasteiger partial charge in [-0.3, -0.25) is 9.88 Å². The number of aryl methyl sites for hydroxylation is 1. The number of fused-ring (bicyclic) bond motifs is 2. The van der Waals surface area contributed by atoms with Crippen molar-refractivity contribution < 1.29 is 0 Å². The third-order valence-corrected chi connectivity index (χ3v) is 7.52. The highest BCUT2D eigenvalue weighted by Crippen LogP contribution is 2.36. The maximum atomic E-state index is 5.12. The summed E-state index contributed by atoms with van der Waals surface area (Å²) in [4.78, 5) is 14.8. The van der Waals surface area contributed by atoms with Gasteiger partial charge in [-0.15, -0.1) is 0 Å². The highest BCUT2D eigenvalue weighted by molar-refractivity contribution is 5.76. The Morgan fingerprint density at radius 1 is 0.968 bits per heavy atom. The summed E-state index contributed by atoms with van der Waals surface area (Å²) >= 11 is 0. The number of benzene rings is 1. The van der Waals surface area contributed by atoms with E-state index in [4.69, 9.17) is 9.97 Å². The van der Waals surface area contributed by atoms with Crippen molar-refractivity contribution in [2.45, 2.75) is 69.6 Å². The van der Waals surface area contributed by atoms with Crippen LogP contribution in [0.4, 0.5) is 0 Å². The Morgan fingerprint density at radius 3 is 2.58 bits per heavy atom. The molecule has 1 saturated carbocycles. The molecule has 0 N–H and O–H groups in total. The molecule has 5 heteroatoms. The number of aromatic nitrogens is 3. The molecule has 0 radical (unpaired) electrons. The lowest BCUT2D eigenvalue weighted by Gasteiger charge is -2.35. The van der Waals surface area contributed by atoms with Crippen LogP contribution in [0, 0.1) is 0 Å². The second-order valence-corrected chi connectivity index (χ2v) is 9.68. The molecule has 1 unspecified atom stereocenters. The molecule has 5 rings (SSSR count). The van der Waals surface area contributed by atoms with Crippen molar-refractivity contribution >= 4 is 11.0 Å². The number of hydrogen-bond acceptors (Lipinski definition) is 4. The monoisotopic (exact) mass is 417 g/mol. The summed E-state index contributed by atoms with van der Waals surface area (Å²) in [7, 11) is 6.68. The van der Waals surface area contributed by atoms with Crippen molar-refractivity contribution in [3.8, 4) is 0 Å². The van der Waals surface area contributed by atoms with Crippen LogP contribution in [0.25, 0.3) is 11.0 Å². The van der Waals surface area contributed by atoms with E-state index in [0.29, 0.717) is 18.1 Å². The topological polar surface area (TPSA) is 37.2 Å². The molecule has 3 aromatic rings. The van der Waals surface area contributed by atoms with E-state index in [-0.39, 0.29) is 0 Å². The number of rotatable bonds is 5. The van der Waals surface area contributed by atoms with Gasteiger partial charge in [-0.05, 0) is 89.9 Å². The molecule has 5 nitrogen and oxygen atoms in total. The lowest BCUT2D eigenvalue weighted by atomic mass is 9.90. The fourth-order valence-corrected chi connectivity index (χ4v) is 5.79. The van der Waals surface area contributed by atoms with Gasteiger partial charge >= 0.3 is 0 Å². The van der Waals surface area contributed by atoms with E-state index in [1.165, 1.54) is 61.1 Å². The molecular formula is C26H35N5. The number of imidazole rings is 1. The molecule has 2 heterocycles. The molecule has 31 heavy (non-hydrogen) atoms. The number of para-hydroxylation sites is 2. The lowest BCUT2D eigenvalue weighted by molar-refractivity contribution is 0.182. The molecule has 2 aliphatic carbocycles. The molecule has 1 fully saturated rings. The quantitative estimate of drug-likeness (QED) is 0.586. The molecule has 0 bridgehead atoms. The van der Waals surface area contributed by atoms with Gasteiger partial charge in [0.1, 0.15) is 5.82 Å². The first-order chi connectivity index (χ1) is 15.1. The van der Waals surface area contributed by atoms with Gasteiger partial charge in [0.25, 0.3) is 0 Å². The highest BCUT2D eigenvalue weighted by Gasteiger charge is 2.29. The molecular weight excluding hydrogens is 382 g/mol. The molecule has 0 aliphatic heterocycles. The van der Waals surface area contributed by atoms with E-state index >= 15 is 0 Å². The third-order valence-electron chi connectivity index (χ3n) is 7.52. The van der Waals surface area contributed by atoms with Crippen LogP contribution in [0.1, 0.15) is 67.7 Å². The van der Waals surface area contributed by atoms with E-state index in [1.54, 1.807) is 0 Å². The zero-order valence-electron chi connectivity index (χ0n) is 19.2. The van der Waals surface area contributed by atoms with Gasteiger partial charge in [-0.1, -0.05) is 18.2 Å². The Balaban J connectivity index is 1.43. The summed E-state index contributed by atoms with van der Waals surface area (Å²) in [5.74, 6) is 1.21. The summed E-state index contributed by atoms with van der Waals surface area (Å²) in [5, 5.41) is 0. The molecule has 2 aliphatic rings. The van der Waals surface area contributed by atoms with Crippen molar-refractivity contribution in [2.24, 2.45) is 0 Å². The summed E-state index contributed by atoms with van der Waals surface area (Å²) in [6.07, 6.45) is 10.5. The van der Waals surface area contributed by atoms with Crippen LogP contribution >= 0.6 is 0 Å². The lowest BCUT2D eigenvalue weighted by Crippen LogP contribution is -2.34. The van der Waals surface area contributed by atoms with Crippen molar-refractivity contribution in [1.82, 2.24) is 24.3 Å². The van der Waals surface area contributed by atoms with E-state index in [1.807, 2.05) is 6.20 Å². The summed E-state index contributed by atoms with van der Waals surface area (Å²) in [6.45, 7) is 0.864. The third kappa shape index (κ3) is 4.01. The van der Waals surface area contributed by atoms with Gasteiger partial charge in [0, 0.05) is 18.3 Å². The Labute approximate surface area is 186 Å². The van der Waals surface area contributed by atoms with Crippen LogP contribution in [-0.4, -0.2) is 51.5 Å². The average Bonchev–Trinajstić information content (AvgIpc) is 3.16. The standard InChI is InChI=1S/C26H35N5/c1-29(2)20-13-15-21(16-14-20)31-23-11-5-4-10-22(23)28-25(31)18-30(3)24-12-6-8-19-9-7-17-27-26(19)24/h4-5,7,9-11,17,20-21,24H,6,8,12-16,18H2,1-3H3/t20-,21-,24?. The molecule has 1 atom stereocenters. The number of hydrogen-bond donors (Lipinski definition) is 0. The van der Waals surface area contributed by atoms with E-state index in [9.17, 15) is 0 Å². The molecule has 0 amide bonds. The first-order valence-electron chi connectivity index (χ1n) is 11.9. The predicted molar refractivity (Wildman–Crippen MR) is 126 cm³/mol. The first-order valence-corrected chi connectivity index (χ1v) is 11.9. The van der Waals surface area contributed by atoms with Gasteiger partial charge in [0.05, 0.1) is 29.3 Å². The second kappa shape index (κ2) is 8.71. The molecule has 0 saturated heterocycles. The van der Waals surface area contributed by atoms with Crippen LogP contribution in [-0.2, 0) is 13.0 Å². The van der Waals surface area contributed by atoms with Gasteiger partial charge < -0.3 is 9.47 Å². The van der Waals surface area contributed by atoms with Crippen LogP contribution in [0.2, 0.25) is 0 Å². The summed E-state index contributed by atoms with van der Waals surface area (Å²) in [6, 6.07) is 14.6. The van der Waals surface area contributed by atoms with Crippen molar-refractivity contribution in [3.05, 3.63) is 59.7 Å². The predicted octanol–water partition coefficient (Wildman–Crippen LogP) is 4.99. The van der Waals surface area contributed by atoms with Crippen molar-refractivity contribution in [1.29, 1.82) is 0 Å². The minimum atomic E-state index is 0.377. The van der Waals surface area contributed by atoms with Crippen molar-refractivity contribution in [2.75, 3.05) is 21.1 Å². The van der Waals surface area contributed by atoms with Crippen LogP contribution in [0.3, 0.4) is 0 Å². The van der Waals surface area contributed by atoms with Gasteiger partial charge in [0.2, 0.25) is 0 Å². The Hall–Kier alpha value is -2.24. The number of pyridine rings is 1. The zero-order valence-corrected chi connectivity index (χ0v) is 19.2. The maximum Gasteiger partial charge on any atom is 0.124 e. The smallest absolute Gasteiger partial charge is 0.124 e. The molecule has 164 valence electrons. The van der Waals surface area contributed by atoms with E-state index in [2.05, 4.69) is 71.9 Å². The van der Waals surface area contributed by atoms with E-state index < -0.39 is 0 Å². The summed E-state index contributed by atoms with van der Waals surface area (Å²) < 4.78 is 2.57. The Morgan fingerprint density at radius 2 is 1.77 bits per heavy atom. The molecule has 1 aromatic carbocycles. The molecule has 2 aromatic heterocycles. The average molecular weight is 418 g/mol. The Kier molecular flexibility index (Phi) is 5.81. The van der Waals surface area contributed by atoms with Crippen LogP contribution in [0.15, 0.2) is 42.6 Å². The SMILES string of the molecule is CN(Cc1nc2ccccc2n1[C@H]1CC[C@H](N(C)C)CC1)C1CCCc2cccnc21. The van der Waals surface area contributed by atoms with Gasteiger partial charge in [0.15, 0.2) is 0 Å². The largest absolute Gasteiger partial charge is 0.324 e. The first kappa shape index (κ1) is 20.7. The van der Waals surface area contributed by atoms with Gasteiger partial charge in [-0.25, -0.2) is 4.98 Å². The van der Waals surface area contributed by atoms with Crippen LogP contribution in [0.5, 0.6) is 0 Å². The minimum Gasteiger partial charge on any atom is -0.324 e. The highest BCUT2D eigenvalue weighted by atomic mass is 15.2. The van der Waals surface area contributed by atoms with Gasteiger partial charge in [-0.2, -0.15) is 0 Å². The minimum absolute atomic E-state index is 0.377. The Bertz CT molecular complexity index is 1030. The van der Waals surface area contributed by atoms with E-state index in [0.717, 1.165) is 18.5 Å². The fraction of sp³-hybridized carbons (Fsp3) is 0.538.